The maximum atomic E-state index is 13.2. The zero-order valence-electron chi connectivity index (χ0n) is 12.8. The highest BCUT2D eigenvalue weighted by Gasteiger charge is 2.11. The number of aryl methyl sites for hydroxylation is 1. The Morgan fingerprint density at radius 1 is 1.25 bits per heavy atom. The lowest BCUT2D eigenvalue weighted by Crippen LogP contribution is -2.16. The molecule has 0 fully saturated rings. The van der Waals surface area contributed by atoms with E-state index in [2.05, 4.69) is 10.3 Å². The van der Waals surface area contributed by atoms with Crippen LogP contribution in [0.3, 0.4) is 0 Å². The molecule has 3 aromatic rings. The average molecular weight is 327 g/mol. The monoisotopic (exact) mass is 327 g/mol. The summed E-state index contributed by atoms with van der Waals surface area (Å²) in [6, 6.07) is 7.34. The number of amides is 1. The number of fused-ring (bicyclic) bond motifs is 1. The van der Waals surface area contributed by atoms with Crippen molar-refractivity contribution >= 4 is 23.2 Å². The summed E-state index contributed by atoms with van der Waals surface area (Å²) in [5, 5.41) is 11.7. The standard InChI is InChI=1S/C17H14FN3O3/c1-10-2-3-11(17(23)24)6-14(10)20-16(22)7-13-9-21-8-12(18)4-5-15(21)19-13/h2-6,8-9H,7H2,1H3,(H,20,22)(H,23,24). The number of hydrogen-bond donors (Lipinski definition) is 2. The fraction of sp³-hybridized carbons (Fsp3) is 0.118. The summed E-state index contributed by atoms with van der Waals surface area (Å²) in [6.45, 7) is 1.77. The van der Waals surface area contributed by atoms with Gasteiger partial charge in [-0.05, 0) is 36.8 Å². The van der Waals surface area contributed by atoms with Crippen LogP contribution in [-0.2, 0) is 11.2 Å². The summed E-state index contributed by atoms with van der Waals surface area (Å²) in [6.07, 6.45) is 2.86. The van der Waals surface area contributed by atoms with Gasteiger partial charge < -0.3 is 14.8 Å². The molecular weight excluding hydrogens is 313 g/mol. The van der Waals surface area contributed by atoms with Crippen molar-refractivity contribution in [2.45, 2.75) is 13.3 Å². The van der Waals surface area contributed by atoms with E-state index in [1.807, 2.05) is 0 Å². The van der Waals surface area contributed by atoms with Crippen molar-refractivity contribution in [3.63, 3.8) is 0 Å². The number of carboxylic acid groups (broad SMARTS) is 1. The van der Waals surface area contributed by atoms with Crippen LogP contribution in [0.15, 0.2) is 42.7 Å². The van der Waals surface area contributed by atoms with Gasteiger partial charge in [0, 0.05) is 18.1 Å². The second kappa shape index (κ2) is 6.11. The smallest absolute Gasteiger partial charge is 0.335 e. The van der Waals surface area contributed by atoms with Gasteiger partial charge in [0.05, 0.1) is 17.7 Å². The lowest BCUT2D eigenvalue weighted by atomic mass is 10.1. The molecule has 0 bridgehead atoms. The Hall–Kier alpha value is -3.22. The molecule has 0 saturated heterocycles. The summed E-state index contributed by atoms with van der Waals surface area (Å²) in [4.78, 5) is 27.4. The van der Waals surface area contributed by atoms with Crippen molar-refractivity contribution in [1.29, 1.82) is 0 Å². The van der Waals surface area contributed by atoms with Gasteiger partial charge in [-0.2, -0.15) is 0 Å². The Balaban J connectivity index is 1.77. The first kappa shape index (κ1) is 15.7. The lowest BCUT2D eigenvalue weighted by molar-refractivity contribution is -0.115. The number of aromatic nitrogens is 2. The van der Waals surface area contributed by atoms with E-state index in [0.717, 1.165) is 5.56 Å². The number of carbonyl (C=O) groups is 2. The van der Waals surface area contributed by atoms with Crippen LogP contribution in [0.5, 0.6) is 0 Å². The molecule has 6 nitrogen and oxygen atoms in total. The summed E-state index contributed by atoms with van der Waals surface area (Å²) >= 11 is 0. The molecule has 1 aromatic carbocycles. The molecule has 0 atom stereocenters. The molecule has 0 spiro atoms. The van der Waals surface area contributed by atoms with Gasteiger partial charge in [-0.15, -0.1) is 0 Å². The van der Waals surface area contributed by atoms with Crippen molar-refractivity contribution < 1.29 is 19.1 Å². The van der Waals surface area contributed by atoms with Gasteiger partial charge in [-0.3, -0.25) is 4.79 Å². The van der Waals surface area contributed by atoms with E-state index in [0.29, 0.717) is 17.0 Å². The average Bonchev–Trinajstić information content (AvgIpc) is 2.90. The Bertz CT molecular complexity index is 949. The number of carboxylic acids is 1. The number of rotatable bonds is 4. The van der Waals surface area contributed by atoms with E-state index in [1.54, 1.807) is 19.2 Å². The molecule has 24 heavy (non-hydrogen) atoms. The van der Waals surface area contributed by atoms with E-state index in [4.69, 9.17) is 5.11 Å². The topological polar surface area (TPSA) is 83.7 Å². The first-order chi connectivity index (χ1) is 11.4. The molecule has 2 N–H and O–H groups in total. The Morgan fingerprint density at radius 2 is 2.04 bits per heavy atom. The molecule has 0 aliphatic rings. The van der Waals surface area contributed by atoms with E-state index in [9.17, 15) is 14.0 Å². The summed E-state index contributed by atoms with van der Waals surface area (Å²) in [5.41, 5.74) is 2.33. The Kier molecular flexibility index (Phi) is 3.99. The number of nitrogens with zero attached hydrogens (tertiary/aromatic N) is 2. The zero-order valence-corrected chi connectivity index (χ0v) is 12.8. The molecule has 1 amide bonds. The van der Waals surface area contributed by atoms with Crippen molar-refractivity contribution in [1.82, 2.24) is 9.38 Å². The highest BCUT2D eigenvalue weighted by atomic mass is 19.1. The third kappa shape index (κ3) is 3.24. The van der Waals surface area contributed by atoms with Gasteiger partial charge in [0.2, 0.25) is 5.91 Å². The quantitative estimate of drug-likeness (QED) is 0.771. The van der Waals surface area contributed by atoms with E-state index in [1.165, 1.54) is 34.9 Å². The van der Waals surface area contributed by atoms with Crippen molar-refractivity contribution in [3.8, 4) is 0 Å². The highest BCUT2D eigenvalue weighted by Crippen LogP contribution is 2.17. The predicted octanol–water partition coefficient (Wildman–Crippen LogP) is 2.66. The molecule has 7 heteroatoms. The molecule has 0 saturated carbocycles. The second-order valence-electron chi connectivity index (χ2n) is 5.40. The number of benzene rings is 1. The van der Waals surface area contributed by atoms with Gasteiger partial charge in [0.15, 0.2) is 0 Å². The molecule has 2 aromatic heterocycles. The van der Waals surface area contributed by atoms with Crippen molar-refractivity contribution in [2.24, 2.45) is 0 Å². The molecule has 3 rings (SSSR count). The number of aromatic carboxylic acids is 1. The number of nitrogens with one attached hydrogen (secondary N) is 1. The van der Waals surface area contributed by atoms with Crippen molar-refractivity contribution in [3.05, 3.63) is 65.4 Å². The third-order valence-corrected chi connectivity index (χ3v) is 3.57. The fourth-order valence-corrected chi connectivity index (χ4v) is 2.35. The van der Waals surface area contributed by atoms with Gasteiger partial charge in [0.25, 0.3) is 0 Å². The van der Waals surface area contributed by atoms with Crippen LogP contribution in [0.2, 0.25) is 0 Å². The van der Waals surface area contributed by atoms with Gasteiger partial charge in [0.1, 0.15) is 11.5 Å². The second-order valence-corrected chi connectivity index (χ2v) is 5.40. The SMILES string of the molecule is Cc1ccc(C(=O)O)cc1NC(=O)Cc1cn2cc(F)ccc2n1. The molecule has 122 valence electrons. The molecular formula is C17H14FN3O3. The van der Waals surface area contributed by atoms with Gasteiger partial charge in [-0.1, -0.05) is 6.07 Å². The third-order valence-electron chi connectivity index (χ3n) is 3.57. The van der Waals surface area contributed by atoms with Gasteiger partial charge >= 0.3 is 5.97 Å². The van der Waals surface area contributed by atoms with Crippen LogP contribution in [-0.4, -0.2) is 26.4 Å². The van der Waals surface area contributed by atoms with Crippen LogP contribution in [0.4, 0.5) is 10.1 Å². The number of halogens is 1. The first-order valence-corrected chi connectivity index (χ1v) is 7.19. The maximum Gasteiger partial charge on any atom is 0.335 e. The summed E-state index contributed by atoms with van der Waals surface area (Å²) < 4.78 is 14.7. The Labute approximate surface area is 136 Å². The largest absolute Gasteiger partial charge is 0.478 e. The zero-order chi connectivity index (χ0) is 17.3. The van der Waals surface area contributed by atoms with Gasteiger partial charge in [-0.25, -0.2) is 14.2 Å². The number of hydrogen-bond acceptors (Lipinski definition) is 3. The van der Waals surface area contributed by atoms with Crippen LogP contribution in [0.1, 0.15) is 21.6 Å². The number of imidazole rings is 1. The van der Waals surface area contributed by atoms with Crippen LogP contribution in [0, 0.1) is 12.7 Å². The minimum Gasteiger partial charge on any atom is -0.478 e. The van der Waals surface area contributed by atoms with Crippen LogP contribution >= 0.6 is 0 Å². The van der Waals surface area contributed by atoms with Crippen LogP contribution in [0.25, 0.3) is 5.65 Å². The summed E-state index contributed by atoms with van der Waals surface area (Å²) in [7, 11) is 0. The van der Waals surface area contributed by atoms with E-state index < -0.39 is 11.8 Å². The minimum atomic E-state index is -1.06. The molecule has 0 unspecified atom stereocenters. The van der Waals surface area contributed by atoms with E-state index in [-0.39, 0.29) is 17.9 Å². The minimum absolute atomic E-state index is 0.0000378. The predicted molar refractivity (Wildman–Crippen MR) is 85.6 cm³/mol. The van der Waals surface area contributed by atoms with Crippen LogP contribution < -0.4 is 5.32 Å². The van der Waals surface area contributed by atoms with E-state index >= 15 is 0 Å². The number of anilines is 1. The highest BCUT2D eigenvalue weighted by molar-refractivity contribution is 5.95. The maximum absolute atomic E-state index is 13.2. The molecule has 0 aliphatic heterocycles. The molecule has 2 heterocycles. The molecule has 0 aliphatic carbocycles. The lowest BCUT2D eigenvalue weighted by Gasteiger charge is -2.08. The summed E-state index contributed by atoms with van der Waals surface area (Å²) in [5.74, 6) is -1.78. The Morgan fingerprint density at radius 3 is 2.79 bits per heavy atom. The normalized spacial score (nSPS) is 10.8. The number of pyridine rings is 1. The fourth-order valence-electron chi connectivity index (χ4n) is 2.35. The van der Waals surface area contributed by atoms with Crippen molar-refractivity contribution in [2.75, 3.05) is 5.32 Å². The first-order valence-electron chi connectivity index (χ1n) is 7.19. The number of carbonyl (C=O) groups excluding carboxylic acids is 1. The molecule has 0 radical (unpaired) electrons.